The number of ether oxygens (including phenoxy) is 2. The number of aliphatic imine (C=N–C) groups is 1. The average Bonchev–Trinajstić information content (AvgIpc) is 2.73. The van der Waals surface area contributed by atoms with Crippen LogP contribution >= 0.6 is 11.8 Å². The largest absolute Gasteiger partial charge is 0.468 e. The lowest BCUT2D eigenvalue weighted by Crippen LogP contribution is -2.36. The number of carbonyl (C=O) groups is 3. The van der Waals surface area contributed by atoms with Gasteiger partial charge in [0.15, 0.2) is 0 Å². The molecule has 0 amide bonds. The summed E-state index contributed by atoms with van der Waals surface area (Å²) in [6, 6.07) is 5.76. The van der Waals surface area contributed by atoms with Gasteiger partial charge in [-0.05, 0) is 19.4 Å². The zero-order valence-corrected chi connectivity index (χ0v) is 17.6. The molecule has 160 valence electrons. The minimum Gasteiger partial charge on any atom is -0.468 e. The lowest BCUT2D eigenvalue weighted by atomic mass is 9.75. The van der Waals surface area contributed by atoms with Crippen molar-refractivity contribution in [3.8, 4) is 0 Å². The van der Waals surface area contributed by atoms with E-state index in [1.54, 1.807) is 19.9 Å². The third-order valence-corrected chi connectivity index (χ3v) is 5.38. The highest BCUT2D eigenvalue weighted by Crippen LogP contribution is 2.41. The Morgan fingerprint density at radius 2 is 2.10 bits per heavy atom. The van der Waals surface area contributed by atoms with Gasteiger partial charge in [-0.3, -0.25) is 19.9 Å². The molecule has 0 radical (unpaired) electrons. The lowest BCUT2D eigenvalue weighted by molar-refractivity contribution is -0.384. The van der Waals surface area contributed by atoms with Gasteiger partial charge in [-0.25, -0.2) is 4.79 Å². The third kappa shape index (κ3) is 5.12. The summed E-state index contributed by atoms with van der Waals surface area (Å²) in [5.74, 6) is -2.66. The second kappa shape index (κ2) is 10.7. The van der Waals surface area contributed by atoms with E-state index in [0.717, 1.165) is 6.29 Å². The van der Waals surface area contributed by atoms with E-state index in [0.29, 0.717) is 17.0 Å². The van der Waals surface area contributed by atoms with E-state index in [4.69, 9.17) is 9.47 Å². The maximum atomic E-state index is 12.9. The van der Waals surface area contributed by atoms with E-state index in [2.05, 4.69) is 4.99 Å². The highest BCUT2D eigenvalue weighted by Gasteiger charge is 2.43. The molecular weight excluding hydrogens is 412 g/mol. The van der Waals surface area contributed by atoms with Crippen molar-refractivity contribution in [3.63, 3.8) is 0 Å². The van der Waals surface area contributed by atoms with Crippen LogP contribution in [0.3, 0.4) is 0 Å². The molecular formula is C20H22N2O7S. The predicted octanol–water partition coefficient (Wildman–Crippen LogP) is 2.69. The molecule has 0 aliphatic carbocycles. The maximum Gasteiger partial charge on any atom is 0.336 e. The third-order valence-electron chi connectivity index (χ3n) is 4.53. The molecule has 2 unspecified atom stereocenters. The van der Waals surface area contributed by atoms with Gasteiger partial charge in [-0.2, -0.15) is 0 Å². The second-order valence-electron chi connectivity index (χ2n) is 6.35. The fourth-order valence-corrected chi connectivity index (χ4v) is 3.95. The van der Waals surface area contributed by atoms with Gasteiger partial charge in [-0.1, -0.05) is 12.1 Å². The number of nitro benzene ring substituents is 1. The van der Waals surface area contributed by atoms with Gasteiger partial charge >= 0.3 is 11.9 Å². The standard InChI is InChI=1S/C20H22N2O7S/c1-4-29-20(25)18-15(11-30-9-8-23)21-12(2)16(19(24)28-3)17(18)13-6-5-7-14(10-13)22(26)27/h5-8,10,16-17H,4,9,11H2,1-3H3. The number of rotatable bonds is 9. The number of thioether (sulfide) groups is 1. The van der Waals surface area contributed by atoms with E-state index < -0.39 is 28.7 Å². The molecule has 1 aromatic rings. The van der Waals surface area contributed by atoms with E-state index >= 15 is 0 Å². The monoisotopic (exact) mass is 434 g/mol. The zero-order valence-electron chi connectivity index (χ0n) is 16.8. The van der Waals surface area contributed by atoms with Crippen LogP contribution < -0.4 is 0 Å². The van der Waals surface area contributed by atoms with E-state index in [9.17, 15) is 24.5 Å². The Morgan fingerprint density at radius 1 is 1.37 bits per heavy atom. The number of carbonyl (C=O) groups excluding carboxylic acids is 3. The van der Waals surface area contributed by atoms with Gasteiger partial charge in [0.25, 0.3) is 5.69 Å². The van der Waals surface area contributed by atoms with Gasteiger partial charge in [0, 0.05) is 35.3 Å². The van der Waals surface area contributed by atoms with Crippen LogP contribution in [0.1, 0.15) is 25.3 Å². The van der Waals surface area contributed by atoms with Crippen LogP contribution in [0.15, 0.2) is 40.5 Å². The first-order valence-electron chi connectivity index (χ1n) is 9.14. The Balaban J connectivity index is 2.71. The SMILES string of the molecule is CCOC(=O)C1=C(CSCC=O)N=C(C)C(C(=O)OC)C1c1cccc([N+](=O)[O-])c1. The van der Waals surface area contributed by atoms with E-state index in [1.807, 2.05) is 0 Å². The number of benzene rings is 1. The number of hydrogen-bond acceptors (Lipinski definition) is 9. The highest BCUT2D eigenvalue weighted by molar-refractivity contribution is 8.00. The fourth-order valence-electron chi connectivity index (χ4n) is 3.32. The van der Waals surface area contributed by atoms with Crippen molar-refractivity contribution in [2.75, 3.05) is 25.2 Å². The summed E-state index contributed by atoms with van der Waals surface area (Å²) in [4.78, 5) is 51.4. The Kier molecular flexibility index (Phi) is 8.28. The maximum absolute atomic E-state index is 12.9. The molecule has 1 aliphatic rings. The van der Waals surface area contributed by atoms with Crippen molar-refractivity contribution < 1.29 is 28.8 Å². The molecule has 0 N–H and O–H groups in total. The number of non-ortho nitro benzene ring substituents is 1. The van der Waals surface area contributed by atoms with Gasteiger partial charge in [-0.15, -0.1) is 11.8 Å². The normalized spacial score (nSPS) is 18.4. The Bertz CT molecular complexity index is 910. The summed E-state index contributed by atoms with van der Waals surface area (Å²) in [7, 11) is 1.23. The number of esters is 2. The number of nitrogens with zero attached hydrogens (tertiary/aromatic N) is 2. The summed E-state index contributed by atoms with van der Waals surface area (Å²) in [5, 5.41) is 11.3. The Morgan fingerprint density at radius 3 is 2.70 bits per heavy atom. The molecule has 9 nitrogen and oxygen atoms in total. The smallest absolute Gasteiger partial charge is 0.336 e. The zero-order chi connectivity index (χ0) is 22.3. The molecule has 1 aromatic carbocycles. The molecule has 2 atom stereocenters. The molecule has 1 aliphatic heterocycles. The number of methoxy groups -OCH3 is 1. The number of nitro groups is 1. The minimum atomic E-state index is -0.948. The first-order chi connectivity index (χ1) is 14.3. The molecule has 1 heterocycles. The van der Waals surface area contributed by atoms with E-state index in [1.165, 1.54) is 37.1 Å². The van der Waals surface area contributed by atoms with Crippen molar-refractivity contribution in [2.24, 2.45) is 10.9 Å². The van der Waals surface area contributed by atoms with Crippen molar-refractivity contribution in [2.45, 2.75) is 19.8 Å². The Hall–Kier alpha value is -3.01. The van der Waals surface area contributed by atoms with Gasteiger partial charge in [0.2, 0.25) is 0 Å². The van der Waals surface area contributed by atoms with Crippen molar-refractivity contribution in [1.29, 1.82) is 0 Å². The lowest BCUT2D eigenvalue weighted by Gasteiger charge is -2.31. The second-order valence-corrected chi connectivity index (χ2v) is 7.38. The van der Waals surface area contributed by atoms with Crippen LogP contribution in [-0.2, 0) is 23.9 Å². The van der Waals surface area contributed by atoms with Gasteiger partial charge in [0.05, 0.1) is 29.9 Å². The summed E-state index contributed by atoms with van der Waals surface area (Å²) in [6.45, 7) is 3.39. The highest BCUT2D eigenvalue weighted by atomic mass is 32.2. The van der Waals surface area contributed by atoms with Gasteiger partial charge < -0.3 is 14.3 Å². The topological polar surface area (TPSA) is 125 Å². The minimum absolute atomic E-state index is 0.102. The number of aldehydes is 1. The summed E-state index contributed by atoms with van der Waals surface area (Å²) < 4.78 is 10.1. The van der Waals surface area contributed by atoms with Crippen LogP contribution in [0.2, 0.25) is 0 Å². The van der Waals surface area contributed by atoms with Crippen molar-refractivity contribution in [1.82, 2.24) is 0 Å². The number of hydrogen-bond donors (Lipinski definition) is 0. The van der Waals surface area contributed by atoms with Crippen molar-refractivity contribution in [3.05, 3.63) is 51.2 Å². The summed E-state index contributed by atoms with van der Waals surface area (Å²) >= 11 is 1.26. The molecule has 30 heavy (non-hydrogen) atoms. The first-order valence-corrected chi connectivity index (χ1v) is 10.3. The van der Waals surface area contributed by atoms with E-state index in [-0.39, 0.29) is 29.4 Å². The summed E-state index contributed by atoms with van der Waals surface area (Å²) in [6.07, 6.45) is 0.740. The molecule has 10 heteroatoms. The van der Waals surface area contributed by atoms with Crippen LogP contribution in [0.25, 0.3) is 0 Å². The molecule has 0 saturated carbocycles. The molecule has 0 spiro atoms. The van der Waals surface area contributed by atoms with Crippen molar-refractivity contribution >= 4 is 41.4 Å². The molecule has 0 fully saturated rings. The van der Waals surface area contributed by atoms with Crippen LogP contribution in [0.5, 0.6) is 0 Å². The Labute approximate surface area is 177 Å². The molecule has 0 bridgehead atoms. The summed E-state index contributed by atoms with van der Waals surface area (Å²) in [5.41, 5.74) is 1.14. The van der Waals surface area contributed by atoms with Gasteiger partial charge in [0.1, 0.15) is 12.2 Å². The van der Waals surface area contributed by atoms with Crippen LogP contribution in [0.4, 0.5) is 5.69 Å². The quantitative estimate of drug-likeness (QED) is 0.191. The van der Waals surface area contributed by atoms with Crippen LogP contribution in [-0.4, -0.2) is 54.1 Å². The molecule has 0 aromatic heterocycles. The van der Waals surface area contributed by atoms with Crippen LogP contribution in [0, 0.1) is 16.0 Å². The fraction of sp³-hybridized carbons (Fsp3) is 0.400. The first kappa shape index (κ1) is 23.3. The average molecular weight is 434 g/mol. The predicted molar refractivity (Wildman–Crippen MR) is 112 cm³/mol. The molecule has 2 rings (SSSR count). The molecule has 0 saturated heterocycles.